The molecule has 23 heavy (non-hydrogen) atoms. The first-order chi connectivity index (χ1) is 11.2. The molecule has 8 heteroatoms. The van der Waals surface area contributed by atoms with Gasteiger partial charge in [-0.2, -0.15) is 0 Å². The first-order valence-corrected chi connectivity index (χ1v) is 6.96. The second kappa shape index (κ2) is 5.09. The summed E-state index contributed by atoms with van der Waals surface area (Å²) in [6, 6.07) is 7.63. The number of nitrogen functional groups attached to an aromatic ring is 1. The van der Waals surface area contributed by atoms with E-state index in [0.717, 1.165) is 27.8 Å². The maximum absolute atomic E-state index is 5.49. The summed E-state index contributed by atoms with van der Waals surface area (Å²) in [5.41, 5.74) is 8.13. The second-order valence-corrected chi connectivity index (χ2v) is 4.92. The van der Waals surface area contributed by atoms with E-state index in [-0.39, 0.29) is 6.01 Å². The van der Waals surface area contributed by atoms with Crippen molar-refractivity contribution >= 4 is 22.7 Å². The predicted molar refractivity (Wildman–Crippen MR) is 86.6 cm³/mol. The van der Waals surface area contributed by atoms with Crippen LogP contribution in [-0.2, 0) is 0 Å². The molecule has 3 heterocycles. The van der Waals surface area contributed by atoms with Gasteiger partial charge in [0.05, 0.1) is 0 Å². The van der Waals surface area contributed by atoms with E-state index in [2.05, 4.69) is 30.5 Å². The first kappa shape index (κ1) is 13.3. The van der Waals surface area contributed by atoms with Gasteiger partial charge >= 0.3 is 6.01 Å². The van der Waals surface area contributed by atoms with Crippen molar-refractivity contribution in [2.45, 2.75) is 0 Å². The minimum Gasteiger partial charge on any atom is -0.404 e. The van der Waals surface area contributed by atoms with Gasteiger partial charge in [-0.15, -0.1) is 5.10 Å². The third kappa shape index (κ3) is 2.26. The average molecular weight is 307 g/mol. The zero-order chi connectivity index (χ0) is 15.8. The fraction of sp³-hybridized carbons (Fsp3) is 0.0667. The minimum absolute atomic E-state index is 0.0412. The van der Waals surface area contributed by atoms with Crippen LogP contribution in [-0.4, -0.2) is 32.2 Å². The van der Waals surface area contributed by atoms with E-state index in [9.17, 15) is 0 Å². The summed E-state index contributed by atoms with van der Waals surface area (Å²) in [6.45, 7) is 0. The van der Waals surface area contributed by atoms with Gasteiger partial charge in [-0.25, -0.2) is 9.97 Å². The average Bonchev–Trinajstić information content (AvgIpc) is 3.20. The maximum Gasteiger partial charge on any atom is 0.313 e. The molecule has 114 valence electrons. The molecule has 0 aliphatic heterocycles. The Labute approximate surface area is 130 Å². The number of anilines is 2. The van der Waals surface area contributed by atoms with Crippen LogP contribution in [0.5, 0.6) is 0 Å². The van der Waals surface area contributed by atoms with E-state index >= 15 is 0 Å². The van der Waals surface area contributed by atoms with Gasteiger partial charge in [0.25, 0.3) is 0 Å². The zero-order valence-corrected chi connectivity index (χ0v) is 12.2. The molecule has 3 aromatic heterocycles. The molecule has 0 amide bonds. The molecule has 0 saturated heterocycles. The summed E-state index contributed by atoms with van der Waals surface area (Å²) >= 11 is 0. The van der Waals surface area contributed by atoms with Crippen molar-refractivity contribution in [3.8, 4) is 22.8 Å². The Kier molecular flexibility index (Phi) is 2.94. The number of aromatic nitrogens is 5. The van der Waals surface area contributed by atoms with E-state index < -0.39 is 0 Å². The Morgan fingerprint density at radius 3 is 2.91 bits per heavy atom. The van der Waals surface area contributed by atoms with E-state index in [0.29, 0.717) is 11.7 Å². The van der Waals surface area contributed by atoms with Crippen LogP contribution in [0.25, 0.3) is 33.7 Å². The molecule has 4 aromatic rings. The molecule has 0 atom stereocenters. The molecule has 0 spiro atoms. The van der Waals surface area contributed by atoms with Crippen LogP contribution in [0, 0.1) is 0 Å². The Hall–Kier alpha value is -3.42. The molecule has 4 N–H and O–H groups in total. The first-order valence-electron chi connectivity index (χ1n) is 6.96. The van der Waals surface area contributed by atoms with Crippen LogP contribution in [0.1, 0.15) is 0 Å². The summed E-state index contributed by atoms with van der Waals surface area (Å²) < 4.78 is 5.28. The van der Waals surface area contributed by atoms with Crippen molar-refractivity contribution in [2.75, 3.05) is 18.1 Å². The van der Waals surface area contributed by atoms with Crippen LogP contribution in [0.2, 0.25) is 0 Å². The number of nitrogens with one attached hydrogen (secondary N) is 2. The van der Waals surface area contributed by atoms with E-state index in [1.807, 2.05) is 37.5 Å². The summed E-state index contributed by atoms with van der Waals surface area (Å²) in [6.07, 6.45) is 3.60. The fourth-order valence-electron chi connectivity index (χ4n) is 2.42. The molecule has 4 rings (SSSR count). The highest BCUT2D eigenvalue weighted by atomic mass is 16.4. The molecular formula is C15H13N7O. The van der Waals surface area contributed by atoms with Gasteiger partial charge in [0, 0.05) is 41.5 Å². The highest BCUT2D eigenvalue weighted by Crippen LogP contribution is 2.30. The van der Waals surface area contributed by atoms with Crippen LogP contribution in [0.15, 0.2) is 41.1 Å². The standard InChI is InChI=1S/C15H13N7O/c1-17-12-4-5-18-13(20-12)10-7-19-11-3-2-8(6-9(10)11)14-21-22-15(16)23-14/h2-7,19H,1H3,(H2,16,22)(H,17,18,20). The monoisotopic (exact) mass is 307 g/mol. The number of benzene rings is 1. The summed E-state index contributed by atoms with van der Waals surface area (Å²) in [5, 5.41) is 11.6. The summed E-state index contributed by atoms with van der Waals surface area (Å²) in [7, 11) is 1.82. The van der Waals surface area contributed by atoms with Crippen molar-refractivity contribution in [1.82, 2.24) is 25.1 Å². The fourth-order valence-corrected chi connectivity index (χ4v) is 2.42. The third-order valence-corrected chi connectivity index (χ3v) is 3.52. The van der Waals surface area contributed by atoms with Gasteiger partial charge in [0.2, 0.25) is 5.89 Å². The summed E-state index contributed by atoms with van der Waals surface area (Å²) in [5.74, 6) is 1.76. The number of H-pyrrole nitrogens is 1. The molecule has 0 unspecified atom stereocenters. The van der Waals surface area contributed by atoms with Crippen LogP contribution in [0.4, 0.5) is 11.8 Å². The zero-order valence-electron chi connectivity index (χ0n) is 12.2. The second-order valence-electron chi connectivity index (χ2n) is 4.92. The highest BCUT2D eigenvalue weighted by molar-refractivity contribution is 5.96. The quantitative estimate of drug-likeness (QED) is 0.531. The molecule has 0 fully saturated rings. The van der Waals surface area contributed by atoms with Crippen molar-refractivity contribution in [3.63, 3.8) is 0 Å². The number of hydrogen-bond donors (Lipinski definition) is 3. The molecule has 0 radical (unpaired) electrons. The van der Waals surface area contributed by atoms with Crippen LogP contribution >= 0.6 is 0 Å². The van der Waals surface area contributed by atoms with Crippen LogP contribution in [0.3, 0.4) is 0 Å². The lowest BCUT2D eigenvalue weighted by molar-refractivity contribution is 0.590. The van der Waals surface area contributed by atoms with Gasteiger partial charge < -0.3 is 20.5 Å². The predicted octanol–water partition coefficient (Wildman–Crippen LogP) is 2.30. The van der Waals surface area contributed by atoms with Gasteiger partial charge in [-0.1, -0.05) is 5.10 Å². The lowest BCUT2D eigenvalue weighted by Gasteiger charge is -2.02. The van der Waals surface area contributed by atoms with Crippen LogP contribution < -0.4 is 11.1 Å². The normalized spacial score (nSPS) is 11.0. The number of nitrogens with two attached hydrogens (primary N) is 1. The highest BCUT2D eigenvalue weighted by Gasteiger charge is 2.13. The molecule has 0 aliphatic rings. The lowest BCUT2D eigenvalue weighted by Crippen LogP contribution is -1.95. The molecule has 1 aromatic carbocycles. The Morgan fingerprint density at radius 1 is 1.22 bits per heavy atom. The topological polar surface area (TPSA) is 119 Å². The number of fused-ring (bicyclic) bond motifs is 1. The van der Waals surface area contributed by atoms with Crippen molar-refractivity contribution in [1.29, 1.82) is 0 Å². The van der Waals surface area contributed by atoms with Gasteiger partial charge in [-0.05, 0) is 24.3 Å². The Balaban J connectivity index is 1.87. The molecule has 0 bridgehead atoms. The molecule has 0 aliphatic carbocycles. The lowest BCUT2D eigenvalue weighted by atomic mass is 10.1. The Bertz CT molecular complexity index is 988. The van der Waals surface area contributed by atoms with Gasteiger partial charge in [0.1, 0.15) is 5.82 Å². The van der Waals surface area contributed by atoms with E-state index in [1.165, 1.54) is 0 Å². The van der Waals surface area contributed by atoms with Gasteiger partial charge in [-0.3, -0.25) is 0 Å². The number of hydrogen-bond acceptors (Lipinski definition) is 7. The van der Waals surface area contributed by atoms with Crippen molar-refractivity contribution in [3.05, 3.63) is 36.7 Å². The van der Waals surface area contributed by atoms with Crippen molar-refractivity contribution < 1.29 is 4.42 Å². The van der Waals surface area contributed by atoms with E-state index in [4.69, 9.17) is 10.2 Å². The van der Waals surface area contributed by atoms with Gasteiger partial charge in [0.15, 0.2) is 5.82 Å². The smallest absolute Gasteiger partial charge is 0.313 e. The number of nitrogens with zero attached hydrogens (tertiary/aromatic N) is 4. The third-order valence-electron chi connectivity index (χ3n) is 3.52. The summed E-state index contributed by atoms with van der Waals surface area (Å²) in [4.78, 5) is 12.0. The minimum atomic E-state index is 0.0412. The maximum atomic E-state index is 5.49. The van der Waals surface area contributed by atoms with E-state index in [1.54, 1.807) is 6.20 Å². The number of aromatic amines is 1. The Morgan fingerprint density at radius 2 is 2.13 bits per heavy atom. The van der Waals surface area contributed by atoms with Crippen molar-refractivity contribution in [2.24, 2.45) is 0 Å². The largest absolute Gasteiger partial charge is 0.404 e. The SMILES string of the molecule is CNc1ccnc(-c2c[nH]c3ccc(-c4nnc(N)o4)cc23)n1. The molecule has 0 saturated carbocycles. The molecule has 8 nitrogen and oxygen atoms in total. The molecular weight excluding hydrogens is 294 g/mol. The number of rotatable bonds is 3.